The minimum atomic E-state index is -0.832. The third kappa shape index (κ3) is 4.14. The zero-order chi connectivity index (χ0) is 13.6. The lowest BCUT2D eigenvalue weighted by atomic mass is 9.90. The van der Waals surface area contributed by atoms with Crippen LogP contribution in [-0.2, 0) is 4.79 Å². The van der Waals surface area contributed by atoms with Crippen LogP contribution in [0.3, 0.4) is 0 Å². The van der Waals surface area contributed by atoms with E-state index >= 15 is 0 Å². The molecule has 2 unspecified atom stereocenters. The maximum atomic E-state index is 12.3. The van der Waals surface area contributed by atoms with Crippen LogP contribution in [-0.4, -0.2) is 47.3 Å². The van der Waals surface area contributed by atoms with Gasteiger partial charge in [0.1, 0.15) is 0 Å². The number of hydrogen-bond acceptors (Lipinski definition) is 4. The van der Waals surface area contributed by atoms with Crippen molar-refractivity contribution in [1.29, 1.82) is 0 Å². The van der Waals surface area contributed by atoms with E-state index in [1.54, 1.807) is 18.7 Å². The Morgan fingerprint density at radius 1 is 1.61 bits per heavy atom. The summed E-state index contributed by atoms with van der Waals surface area (Å²) in [7, 11) is 0. The lowest BCUT2D eigenvalue weighted by Crippen LogP contribution is -2.56. The van der Waals surface area contributed by atoms with Crippen LogP contribution in [0.15, 0.2) is 0 Å². The molecule has 1 heterocycles. The Bertz CT molecular complexity index is 276. The van der Waals surface area contributed by atoms with Gasteiger partial charge in [0, 0.05) is 12.3 Å². The molecule has 5 heteroatoms. The SMILES string of the molecule is CCCC1(C(=O)NCC(C)(O)CSC)CCCN1. The summed E-state index contributed by atoms with van der Waals surface area (Å²) in [5.41, 5.74) is -1.23. The van der Waals surface area contributed by atoms with Crippen molar-refractivity contribution in [2.24, 2.45) is 0 Å². The molecule has 0 bridgehead atoms. The van der Waals surface area contributed by atoms with Gasteiger partial charge in [-0.05, 0) is 39.0 Å². The largest absolute Gasteiger partial charge is 0.387 e. The van der Waals surface area contributed by atoms with Crippen LogP contribution < -0.4 is 10.6 Å². The van der Waals surface area contributed by atoms with Crippen LogP contribution in [0.5, 0.6) is 0 Å². The van der Waals surface area contributed by atoms with Crippen molar-refractivity contribution in [2.75, 3.05) is 25.1 Å². The van der Waals surface area contributed by atoms with Gasteiger partial charge in [0.2, 0.25) is 5.91 Å². The molecule has 1 fully saturated rings. The molecular formula is C13H26N2O2S. The lowest BCUT2D eigenvalue weighted by Gasteiger charge is -2.30. The molecule has 1 aliphatic rings. The van der Waals surface area contributed by atoms with E-state index in [9.17, 15) is 9.90 Å². The highest BCUT2D eigenvalue weighted by Crippen LogP contribution is 2.25. The summed E-state index contributed by atoms with van der Waals surface area (Å²) in [4.78, 5) is 12.3. The molecule has 4 nitrogen and oxygen atoms in total. The number of amides is 1. The van der Waals surface area contributed by atoms with E-state index in [-0.39, 0.29) is 5.91 Å². The van der Waals surface area contributed by atoms with E-state index in [2.05, 4.69) is 17.6 Å². The minimum Gasteiger partial charge on any atom is -0.387 e. The number of aliphatic hydroxyl groups is 1. The van der Waals surface area contributed by atoms with Gasteiger partial charge in [-0.15, -0.1) is 0 Å². The fraction of sp³-hybridized carbons (Fsp3) is 0.923. The number of nitrogens with one attached hydrogen (secondary N) is 2. The number of thioether (sulfide) groups is 1. The Morgan fingerprint density at radius 3 is 2.83 bits per heavy atom. The molecule has 1 aliphatic heterocycles. The Morgan fingerprint density at radius 2 is 2.33 bits per heavy atom. The van der Waals surface area contributed by atoms with Crippen molar-refractivity contribution in [3.63, 3.8) is 0 Å². The number of hydrogen-bond donors (Lipinski definition) is 3. The van der Waals surface area contributed by atoms with E-state index in [4.69, 9.17) is 0 Å². The molecule has 2 atom stereocenters. The highest BCUT2D eigenvalue weighted by atomic mass is 32.2. The van der Waals surface area contributed by atoms with E-state index in [0.29, 0.717) is 12.3 Å². The second-order valence-electron chi connectivity index (χ2n) is 5.48. The van der Waals surface area contributed by atoms with E-state index < -0.39 is 11.1 Å². The number of rotatable bonds is 7. The second kappa shape index (κ2) is 6.78. The Kier molecular flexibility index (Phi) is 5.95. The molecule has 0 aliphatic carbocycles. The van der Waals surface area contributed by atoms with Gasteiger partial charge in [0.05, 0.1) is 11.1 Å². The van der Waals surface area contributed by atoms with Gasteiger partial charge in [-0.3, -0.25) is 4.79 Å². The average Bonchev–Trinajstić information content (AvgIpc) is 2.76. The van der Waals surface area contributed by atoms with Crippen molar-refractivity contribution >= 4 is 17.7 Å². The first-order chi connectivity index (χ1) is 8.46. The Labute approximate surface area is 114 Å². The molecule has 3 N–H and O–H groups in total. The maximum absolute atomic E-state index is 12.3. The normalized spacial score (nSPS) is 26.9. The van der Waals surface area contributed by atoms with Gasteiger partial charge in [0.25, 0.3) is 0 Å². The lowest BCUT2D eigenvalue weighted by molar-refractivity contribution is -0.128. The van der Waals surface area contributed by atoms with Crippen molar-refractivity contribution in [3.05, 3.63) is 0 Å². The number of carbonyl (C=O) groups excluding carboxylic acids is 1. The average molecular weight is 274 g/mol. The van der Waals surface area contributed by atoms with E-state index in [1.807, 2.05) is 6.26 Å². The van der Waals surface area contributed by atoms with Crippen LogP contribution in [0, 0.1) is 0 Å². The van der Waals surface area contributed by atoms with Crippen LogP contribution in [0.2, 0.25) is 0 Å². The van der Waals surface area contributed by atoms with Crippen molar-refractivity contribution < 1.29 is 9.90 Å². The summed E-state index contributed by atoms with van der Waals surface area (Å²) < 4.78 is 0. The molecule has 1 rings (SSSR count). The highest BCUT2D eigenvalue weighted by Gasteiger charge is 2.40. The summed E-state index contributed by atoms with van der Waals surface area (Å²) in [5.74, 6) is 0.671. The second-order valence-corrected chi connectivity index (χ2v) is 6.34. The van der Waals surface area contributed by atoms with Crippen LogP contribution in [0.1, 0.15) is 39.5 Å². The molecule has 1 saturated heterocycles. The summed E-state index contributed by atoms with van der Waals surface area (Å²) in [6.45, 7) is 5.09. The molecule has 0 aromatic heterocycles. The minimum absolute atomic E-state index is 0.0447. The van der Waals surface area contributed by atoms with Crippen LogP contribution >= 0.6 is 11.8 Å². The molecule has 0 aromatic rings. The van der Waals surface area contributed by atoms with E-state index in [0.717, 1.165) is 32.2 Å². The smallest absolute Gasteiger partial charge is 0.240 e. The highest BCUT2D eigenvalue weighted by molar-refractivity contribution is 7.98. The third-order valence-electron chi connectivity index (χ3n) is 3.44. The molecule has 0 saturated carbocycles. The fourth-order valence-corrected chi connectivity index (χ4v) is 3.28. The first-order valence-corrected chi connectivity index (χ1v) is 8.10. The molecule has 0 spiro atoms. The van der Waals surface area contributed by atoms with Crippen molar-refractivity contribution in [2.45, 2.75) is 50.7 Å². The standard InChI is InChI=1S/C13H26N2O2S/c1-4-6-13(7-5-8-15-13)11(16)14-9-12(2,17)10-18-3/h15,17H,4-10H2,1-3H3,(H,14,16). The molecule has 106 valence electrons. The Hall–Kier alpha value is -0.260. The maximum Gasteiger partial charge on any atom is 0.240 e. The summed E-state index contributed by atoms with van der Waals surface area (Å²) in [6.07, 6.45) is 5.75. The van der Waals surface area contributed by atoms with Gasteiger partial charge in [0.15, 0.2) is 0 Å². The quantitative estimate of drug-likeness (QED) is 0.651. The fourth-order valence-electron chi connectivity index (χ4n) is 2.56. The number of carbonyl (C=O) groups is 1. The summed E-state index contributed by atoms with van der Waals surface area (Å²) in [6, 6.07) is 0. The van der Waals surface area contributed by atoms with Crippen LogP contribution in [0.4, 0.5) is 0 Å². The first-order valence-electron chi connectivity index (χ1n) is 6.70. The summed E-state index contributed by atoms with van der Waals surface area (Å²) in [5, 5.41) is 16.3. The Balaban J connectivity index is 2.52. The van der Waals surface area contributed by atoms with E-state index in [1.165, 1.54) is 0 Å². The van der Waals surface area contributed by atoms with Gasteiger partial charge in [-0.25, -0.2) is 0 Å². The first kappa shape index (κ1) is 15.8. The van der Waals surface area contributed by atoms with Gasteiger partial charge in [-0.1, -0.05) is 13.3 Å². The van der Waals surface area contributed by atoms with Crippen LogP contribution in [0.25, 0.3) is 0 Å². The molecule has 0 aromatic carbocycles. The molecule has 18 heavy (non-hydrogen) atoms. The van der Waals surface area contributed by atoms with Crippen molar-refractivity contribution in [1.82, 2.24) is 10.6 Å². The zero-order valence-electron chi connectivity index (χ0n) is 11.7. The van der Waals surface area contributed by atoms with Gasteiger partial charge in [-0.2, -0.15) is 11.8 Å². The molecular weight excluding hydrogens is 248 g/mol. The monoisotopic (exact) mass is 274 g/mol. The predicted molar refractivity (Wildman–Crippen MR) is 76.9 cm³/mol. The molecule has 1 amide bonds. The third-order valence-corrected chi connectivity index (χ3v) is 4.35. The summed E-state index contributed by atoms with van der Waals surface area (Å²) >= 11 is 1.58. The molecule has 0 radical (unpaired) electrons. The van der Waals surface area contributed by atoms with Gasteiger partial charge >= 0.3 is 0 Å². The topological polar surface area (TPSA) is 61.4 Å². The zero-order valence-corrected chi connectivity index (χ0v) is 12.5. The van der Waals surface area contributed by atoms with Gasteiger partial charge < -0.3 is 15.7 Å². The predicted octanol–water partition coefficient (Wildman–Crippen LogP) is 1.14. The van der Waals surface area contributed by atoms with Crippen molar-refractivity contribution in [3.8, 4) is 0 Å².